The zero-order valence-electron chi connectivity index (χ0n) is 22.6. The topological polar surface area (TPSA) is 79.0 Å². The van der Waals surface area contributed by atoms with Gasteiger partial charge in [-0.1, -0.05) is 42.8 Å². The smallest absolute Gasteiger partial charge is 0.264 e. The number of sulfonamides is 1. The standard InChI is InChI=1S/C30H37N3O4S/c1-22-8-14-29(15-9-22)38(35,36)33(27-6-5-7-28(20-27)37-4)21-30(34)31-24(3)25-10-12-26(13-11-25)32-18-16-23(2)17-19-32/h5-15,20,23-24H,16-19,21H2,1-4H3,(H,31,34). The first kappa shape index (κ1) is 27.5. The van der Waals surface area contributed by atoms with Gasteiger partial charge in [0.05, 0.1) is 23.7 Å². The van der Waals surface area contributed by atoms with Crippen molar-refractivity contribution < 1.29 is 17.9 Å². The average Bonchev–Trinajstić information content (AvgIpc) is 2.92. The van der Waals surface area contributed by atoms with Crippen LogP contribution in [0.5, 0.6) is 5.75 Å². The Labute approximate surface area is 226 Å². The fourth-order valence-corrected chi connectivity index (χ4v) is 6.07. The molecule has 38 heavy (non-hydrogen) atoms. The lowest BCUT2D eigenvalue weighted by atomic mass is 9.98. The Morgan fingerprint density at radius 1 is 1.05 bits per heavy atom. The van der Waals surface area contributed by atoms with E-state index < -0.39 is 15.9 Å². The van der Waals surface area contributed by atoms with Crippen LogP contribution in [0.25, 0.3) is 0 Å². The SMILES string of the molecule is COc1cccc(N(CC(=O)NC(C)c2ccc(N3CCC(C)CC3)cc2)S(=O)(=O)c2ccc(C)cc2)c1. The zero-order chi connectivity index (χ0) is 27.3. The second-order valence-corrected chi connectivity index (χ2v) is 11.9. The van der Waals surface area contributed by atoms with Crippen LogP contribution in [-0.4, -0.2) is 41.1 Å². The highest BCUT2D eigenvalue weighted by molar-refractivity contribution is 7.92. The molecule has 1 atom stereocenters. The molecule has 1 heterocycles. The summed E-state index contributed by atoms with van der Waals surface area (Å²) in [5.74, 6) is 0.876. The van der Waals surface area contributed by atoms with E-state index in [9.17, 15) is 13.2 Å². The number of rotatable bonds is 9. The first-order valence-corrected chi connectivity index (χ1v) is 14.5. The van der Waals surface area contributed by atoms with E-state index in [1.54, 1.807) is 48.5 Å². The van der Waals surface area contributed by atoms with E-state index in [1.807, 2.05) is 26.0 Å². The highest BCUT2D eigenvalue weighted by Gasteiger charge is 2.28. The number of nitrogens with zero attached hydrogens (tertiary/aromatic N) is 2. The van der Waals surface area contributed by atoms with Crippen LogP contribution in [0.2, 0.25) is 0 Å². The number of carbonyl (C=O) groups excluding carboxylic acids is 1. The third kappa shape index (κ3) is 6.48. The summed E-state index contributed by atoms with van der Waals surface area (Å²) in [7, 11) is -2.48. The first-order chi connectivity index (χ1) is 18.2. The van der Waals surface area contributed by atoms with E-state index in [0.717, 1.165) is 34.4 Å². The number of hydrogen-bond donors (Lipinski definition) is 1. The highest BCUT2D eigenvalue weighted by atomic mass is 32.2. The van der Waals surface area contributed by atoms with Crippen LogP contribution in [-0.2, 0) is 14.8 Å². The van der Waals surface area contributed by atoms with Gasteiger partial charge in [0.25, 0.3) is 10.0 Å². The van der Waals surface area contributed by atoms with E-state index in [2.05, 4.69) is 29.3 Å². The number of amides is 1. The summed E-state index contributed by atoms with van der Waals surface area (Å²) < 4.78 is 33.7. The van der Waals surface area contributed by atoms with Crippen molar-refractivity contribution in [3.63, 3.8) is 0 Å². The summed E-state index contributed by atoms with van der Waals surface area (Å²) in [6, 6.07) is 21.3. The Morgan fingerprint density at radius 2 is 1.71 bits per heavy atom. The van der Waals surface area contributed by atoms with Gasteiger partial charge in [-0.2, -0.15) is 0 Å². The number of benzene rings is 3. The monoisotopic (exact) mass is 535 g/mol. The van der Waals surface area contributed by atoms with E-state index in [4.69, 9.17) is 4.74 Å². The van der Waals surface area contributed by atoms with Crippen molar-refractivity contribution in [2.45, 2.75) is 44.6 Å². The quantitative estimate of drug-likeness (QED) is 0.402. The molecule has 3 aromatic rings. The molecule has 1 saturated heterocycles. The van der Waals surface area contributed by atoms with E-state index >= 15 is 0 Å². The first-order valence-electron chi connectivity index (χ1n) is 13.0. The molecule has 0 spiro atoms. The van der Waals surface area contributed by atoms with Crippen LogP contribution in [0.15, 0.2) is 77.7 Å². The zero-order valence-corrected chi connectivity index (χ0v) is 23.4. The molecule has 1 aliphatic rings. The number of ether oxygens (including phenoxy) is 1. The van der Waals surface area contributed by atoms with Gasteiger partial charge in [0, 0.05) is 24.8 Å². The van der Waals surface area contributed by atoms with Crippen molar-refractivity contribution in [1.82, 2.24) is 5.32 Å². The molecule has 1 fully saturated rings. The van der Waals surface area contributed by atoms with Crippen molar-refractivity contribution >= 4 is 27.3 Å². The molecule has 3 aromatic carbocycles. The fraction of sp³-hybridized carbons (Fsp3) is 0.367. The van der Waals surface area contributed by atoms with Crippen LogP contribution in [0.3, 0.4) is 0 Å². The van der Waals surface area contributed by atoms with Crippen LogP contribution in [0.1, 0.15) is 43.9 Å². The number of nitrogens with one attached hydrogen (secondary N) is 1. The third-order valence-electron chi connectivity index (χ3n) is 7.16. The number of hydrogen-bond acceptors (Lipinski definition) is 5. The largest absolute Gasteiger partial charge is 0.497 e. The number of anilines is 2. The lowest BCUT2D eigenvalue weighted by molar-refractivity contribution is -0.120. The molecule has 8 heteroatoms. The summed E-state index contributed by atoms with van der Waals surface area (Å²) in [5.41, 5.74) is 3.45. The predicted octanol–water partition coefficient (Wildman–Crippen LogP) is 5.31. The minimum atomic E-state index is -4.00. The van der Waals surface area contributed by atoms with Gasteiger partial charge in [0.15, 0.2) is 0 Å². The molecule has 4 rings (SSSR count). The molecule has 0 radical (unpaired) electrons. The maximum Gasteiger partial charge on any atom is 0.264 e. The number of methoxy groups -OCH3 is 1. The van der Waals surface area contributed by atoms with Gasteiger partial charge in [0.2, 0.25) is 5.91 Å². The second kappa shape index (κ2) is 11.9. The second-order valence-electron chi connectivity index (χ2n) is 10.1. The van der Waals surface area contributed by atoms with Crippen LogP contribution < -0.4 is 19.3 Å². The summed E-state index contributed by atoms with van der Waals surface area (Å²) in [5, 5.41) is 2.97. The summed E-state index contributed by atoms with van der Waals surface area (Å²) in [6.45, 7) is 7.85. The lowest BCUT2D eigenvalue weighted by Gasteiger charge is -2.32. The van der Waals surface area contributed by atoms with Crippen LogP contribution in [0.4, 0.5) is 11.4 Å². The maximum atomic E-state index is 13.6. The fourth-order valence-electron chi connectivity index (χ4n) is 4.66. The Hall–Kier alpha value is -3.52. The molecule has 0 aromatic heterocycles. The van der Waals surface area contributed by atoms with Gasteiger partial charge in [-0.05, 0) is 74.6 Å². The molecule has 1 unspecified atom stereocenters. The average molecular weight is 536 g/mol. The van der Waals surface area contributed by atoms with Gasteiger partial charge in [-0.15, -0.1) is 0 Å². The molecular weight excluding hydrogens is 498 g/mol. The number of piperidine rings is 1. The van der Waals surface area contributed by atoms with Gasteiger partial charge < -0.3 is 15.0 Å². The normalized spacial score (nSPS) is 15.1. The maximum absolute atomic E-state index is 13.6. The molecule has 0 bridgehead atoms. The molecule has 0 saturated carbocycles. The Kier molecular flexibility index (Phi) is 8.62. The van der Waals surface area contributed by atoms with Crippen LogP contribution in [0, 0.1) is 12.8 Å². The van der Waals surface area contributed by atoms with Crippen LogP contribution >= 0.6 is 0 Å². The van der Waals surface area contributed by atoms with Gasteiger partial charge in [0.1, 0.15) is 12.3 Å². The van der Waals surface area contributed by atoms with Gasteiger partial charge in [-0.3, -0.25) is 9.10 Å². The van der Waals surface area contributed by atoms with Crippen molar-refractivity contribution in [1.29, 1.82) is 0 Å². The number of carbonyl (C=O) groups is 1. The van der Waals surface area contributed by atoms with Crippen molar-refractivity contribution in [3.05, 3.63) is 83.9 Å². The Bertz CT molecular complexity index is 1330. The highest BCUT2D eigenvalue weighted by Crippen LogP contribution is 2.28. The van der Waals surface area contributed by atoms with Crippen molar-refractivity contribution in [2.24, 2.45) is 5.92 Å². The summed E-state index contributed by atoms with van der Waals surface area (Å²) >= 11 is 0. The van der Waals surface area contributed by atoms with Gasteiger partial charge in [-0.25, -0.2) is 8.42 Å². The van der Waals surface area contributed by atoms with E-state index in [1.165, 1.54) is 25.6 Å². The Balaban J connectivity index is 1.50. The molecule has 7 nitrogen and oxygen atoms in total. The van der Waals surface area contributed by atoms with Crippen molar-refractivity contribution in [3.8, 4) is 5.75 Å². The third-order valence-corrected chi connectivity index (χ3v) is 8.94. The predicted molar refractivity (Wildman–Crippen MR) is 152 cm³/mol. The minimum Gasteiger partial charge on any atom is -0.497 e. The molecule has 202 valence electrons. The minimum absolute atomic E-state index is 0.120. The lowest BCUT2D eigenvalue weighted by Crippen LogP contribution is -2.41. The van der Waals surface area contributed by atoms with E-state index in [-0.39, 0.29) is 17.5 Å². The Morgan fingerprint density at radius 3 is 2.34 bits per heavy atom. The van der Waals surface area contributed by atoms with Crippen molar-refractivity contribution in [2.75, 3.05) is 35.9 Å². The van der Waals surface area contributed by atoms with Gasteiger partial charge >= 0.3 is 0 Å². The van der Waals surface area contributed by atoms with E-state index in [0.29, 0.717) is 11.4 Å². The number of aryl methyl sites for hydroxylation is 1. The summed E-state index contributed by atoms with van der Waals surface area (Å²) in [4.78, 5) is 15.7. The molecular formula is C30H37N3O4S. The molecule has 1 aliphatic heterocycles. The molecule has 1 amide bonds. The molecule has 0 aliphatic carbocycles. The summed E-state index contributed by atoms with van der Waals surface area (Å²) in [6.07, 6.45) is 2.40. The molecule has 1 N–H and O–H groups in total.